The predicted octanol–water partition coefficient (Wildman–Crippen LogP) is 2.38. The molecule has 1 fully saturated rings. The molecule has 4 heterocycles. The van der Waals surface area contributed by atoms with E-state index in [-0.39, 0.29) is 0 Å². The largest absolute Gasteiger partial charge is 0.356 e. The highest BCUT2D eigenvalue weighted by Crippen LogP contribution is 2.27. The monoisotopic (exact) mass is 296 g/mol. The van der Waals surface area contributed by atoms with Crippen molar-refractivity contribution in [2.75, 3.05) is 18.0 Å². The number of rotatable bonds is 3. The topological polar surface area (TPSA) is 62.6 Å². The molecule has 1 aliphatic heterocycles. The van der Waals surface area contributed by atoms with Crippen LogP contribution in [0.3, 0.4) is 0 Å². The number of aromatic nitrogens is 5. The highest BCUT2D eigenvalue weighted by atomic mass is 15.3. The smallest absolute Gasteiger partial charge is 0.142 e. The van der Waals surface area contributed by atoms with Crippen molar-refractivity contribution in [3.05, 3.63) is 36.5 Å². The van der Waals surface area contributed by atoms with E-state index in [4.69, 9.17) is 0 Å². The van der Waals surface area contributed by atoms with E-state index in [1.165, 1.54) is 18.4 Å². The second kappa shape index (κ2) is 5.44. The first-order chi connectivity index (χ1) is 10.8. The molecule has 0 aliphatic carbocycles. The first-order valence-electron chi connectivity index (χ1n) is 7.82. The molecule has 22 heavy (non-hydrogen) atoms. The van der Waals surface area contributed by atoms with Gasteiger partial charge in [-0.2, -0.15) is 5.10 Å². The highest BCUT2D eigenvalue weighted by molar-refractivity contribution is 5.87. The van der Waals surface area contributed by atoms with Gasteiger partial charge in [0.1, 0.15) is 17.8 Å². The van der Waals surface area contributed by atoms with Crippen LogP contribution in [0.5, 0.6) is 0 Å². The fourth-order valence-electron chi connectivity index (χ4n) is 3.27. The number of fused-ring (bicyclic) bond motifs is 1. The van der Waals surface area contributed by atoms with Crippen molar-refractivity contribution in [3.63, 3.8) is 0 Å². The van der Waals surface area contributed by atoms with Crippen LogP contribution >= 0.6 is 0 Å². The van der Waals surface area contributed by atoms with Crippen molar-refractivity contribution in [1.29, 1.82) is 0 Å². The Balaban J connectivity index is 1.44. The van der Waals surface area contributed by atoms with E-state index >= 15 is 0 Å². The minimum absolute atomic E-state index is 0.694. The number of nitrogens with zero attached hydrogens (tertiary/aromatic N) is 5. The first kappa shape index (κ1) is 13.3. The van der Waals surface area contributed by atoms with Gasteiger partial charge in [-0.05, 0) is 37.3 Å². The van der Waals surface area contributed by atoms with E-state index in [1.807, 2.05) is 12.4 Å². The van der Waals surface area contributed by atoms with Crippen LogP contribution in [0.2, 0.25) is 0 Å². The standard InChI is InChI=1S/C16H20N6/c1-12-8-20-22(9-12)10-13-3-6-21(7-4-13)16-14-2-5-17-15(14)18-11-19-16/h2,5,8-9,11,13H,3-4,6-7,10H2,1H3,(H,17,18,19). The van der Waals surface area contributed by atoms with E-state index in [1.54, 1.807) is 6.33 Å². The van der Waals surface area contributed by atoms with Crippen LogP contribution in [0.4, 0.5) is 5.82 Å². The lowest BCUT2D eigenvalue weighted by atomic mass is 9.97. The SMILES string of the molecule is Cc1cnn(CC2CCN(c3ncnc4[nH]ccc34)CC2)c1. The second-order valence-electron chi connectivity index (χ2n) is 6.11. The summed E-state index contributed by atoms with van der Waals surface area (Å²) in [5, 5.41) is 5.51. The lowest BCUT2D eigenvalue weighted by Crippen LogP contribution is -2.35. The fourth-order valence-corrected chi connectivity index (χ4v) is 3.27. The average Bonchev–Trinajstić information content (AvgIpc) is 3.16. The quantitative estimate of drug-likeness (QED) is 0.806. The van der Waals surface area contributed by atoms with Crippen LogP contribution in [0.15, 0.2) is 31.0 Å². The molecular weight excluding hydrogens is 276 g/mol. The number of aryl methyl sites for hydroxylation is 1. The van der Waals surface area contributed by atoms with Gasteiger partial charge in [-0.25, -0.2) is 9.97 Å². The Kier molecular flexibility index (Phi) is 3.29. The van der Waals surface area contributed by atoms with Crippen molar-refractivity contribution in [2.45, 2.75) is 26.3 Å². The van der Waals surface area contributed by atoms with Crippen LogP contribution in [0.25, 0.3) is 11.0 Å². The summed E-state index contributed by atoms with van der Waals surface area (Å²) >= 11 is 0. The summed E-state index contributed by atoms with van der Waals surface area (Å²) in [7, 11) is 0. The summed E-state index contributed by atoms with van der Waals surface area (Å²) in [6, 6.07) is 2.06. The number of piperidine rings is 1. The number of aromatic amines is 1. The molecule has 6 heteroatoms. The Bertz CT molecular complexity index is 766. The lowest BCUT2D eigenvalue weighted by Gasteiger charge is -2.33. The summed E-state index contributed by atoms with van der Waals surface area (Å²) in [4.78, 5) is 14.3. The zero-order valence-electron chi connectivity index (χ0n) is 12.7. The fraction of sp³-hybridized carbons (Fsp3) is 0.438. The first-order valence-corrected chi connectivity index (χ1v) is 7.82. The summed E-state index contributed by atoms with van der Waals surface area (Å²) in [6.07, 6.45) is 9.98. The average molecular weight is 296 g/mol. The third-order valence-corrected chi connectivity index (χ3v) is 4.45. The number of hydrogen-bond acceptors (Lipinski definition) is 4. The van der Waals surface area contributed by atoms with E-state index in [0.717, 1.165) is 36.5 Å². The molecular formula is C16H20N6. The highest BCUT2D eigenvalue weighted by Gasteiger charge is 2.22. The van der Waals surface area contributed by atoms with Crippen molar-refractivity contribution >= 4 is 16.9 Å². The van der Waals surface area contributed by atoms with Crippen LogP contribution < -0.4 is 4.90 Å². The number of H-pyrrole nitrogens is 1. The van der Waals surface area contributed by atoms with Gasteiger partial charge in [0, 0.05) is 32.0 Å². The Morgan fingerprint density at radius 2 is 2.14 bits per heavy atom. The Morgan fingerprint density at radius 1 is 1.27 bits per heavy atom. The van der Waals surface area contributed by atoms with Gasteiger partial charge in [-0.1, -0.05) is 0 Å². The third kappa shape index (κ3) is 2.45. The molecule has 3 aromatic rings. The Hall–Kier alpha value is -2.37. The van der Waals surface area contributed by atoms with Crippen molar-refractivity contribution in [2.24, 2.45) is 5.92 Å². The maximum atomic E-state index is 4.49. The number of hydrogen-bond donors (Lipinski definition) is 1. The van der Waals surface area contributed by atoms with Crippen LogP contribution in [-0.4, -0.2) is 37.8 Å². The van der Waals surface area contributed by atoms with E-state index in [0.29, 0.717) is 5.92 Å². The molecule has 0 aromatic carbocycles. The minimum atomic E-state index is 0.694. The zero-order chi connectivity index (χ0) is 14.9. The lowest BCUT2D eigenvalue weighted by molar-refractivity contribution is 0.342. The van der Waals surface area contributed by atoms with Crippen LogP contribution in [0, 0.1) is 12.8 Å². The summed E-state index contributed by atoms with van der Waals surface area (Å²) < 4.78 is 2.07. The van der Waals surface area contributed by atoms with Crippen molar-refractivity contribution in [1.82, 2.24) is 24.7 Å². The molecule has 114 valence electrons. The van der Waals surface area contributed by atoms with E-state index < -0.39 is 0 Å². The molecule has 0 spiro atoms. The summed E-state index contributed by atoms with van der Waals surface area (Å²) in [6.45, 7) is 5.19. The number of anilines is 1. The molecule has 6 nitrogen and oxygen atoms in total. The third-order valence-electron chi connectivity index (χ3n) is 4.45. The molecule has 3 aromatic heterocycles. The van der Waals surface area contributed by atoms with Gasteiger partial charge in [0.2, 0.25) is 0 Å². The molecule has 0 amide bonds. The molecule has 0 unspecified atom stereocenters. The van der Waals surface area contributed by atoms with Gasteiger partial charge in [-0.3, -0.25) is 4.68 Å². The second-order valence-corrected chi connectivity index (χ2v) is 6.11. The van der Waals surface area contributed by atoms with Gasteiger partial charge in [0.05, 0.1) is 11.6 Å². The maximum Gasteiger partial charge on any atom is 0.142 e. The summed E-state index contributed by atoms with van der Waals surface area (Å²) in [5.74, 6) is 1.75. The molecule has 0 bridgehead atoms. The predicted molar refractivity (Wildman–Crippen MR) is 85.8 cm³/mol. The normalized spacial score (nSPS) is 16.5. The van der Waals surface area contributed by atoms with Crippen molar-refractivity contribution in [3.8, 4) is 0 Å². The molecule has 1 aliphatic rings. The molecule has 1 N–H and O–H groups in total. The molecule has 0 saturated carbocycles. The van der Waals surface area contributed by atoms with Gasteiger partial charge in [-0.15, -0.1) is 0 Å². The van der Waals surface area contributed by atoms with Crippen LogP contribution in [-0.2, 0) is 6.54 Å². The summed E-state index contributed by atoms with van der Waals surface area (Å²) in [5.41, 5.74) is 2.15. The van der Waals surface area contributed by atoms with Gasteiger partial charge < -0.3 is 9.88 Å². The van der Waals surface area contributed by atoms with Gasteiger partial charge in [0.25, 0.3) is 0 Å². The molecule has 0 radical (unpaired) electrons. The van der Waals surface area contributed by atoms with Crippen molar-refractivity contribution < 1.29 is 0 Å². The van der Waals surface area contributed by atoms with Crippen LogP contribution in [0.1, 0.15) is 18.4 Å². The molecule has 4 rings (SSSR count). The maximum absolute atomic E-state index is 4.49. The van der Waals surface area contributed by atoms with E-state index in [9.17, 15) is 0 Å². The van der Waals surface area contributed by atoms with E-state index in [2.05, 4.69) is 48.8 Å². The zero-order valence-corrected chi connectivity index (χ0v) is 12.7. The minimum Gasteiger partial charge on any atom is -0.356 e. The van der Waals surface area contributed by atoms with Gasteiger partial charge in [0.15, 0.2) is 0 Å². The molecule has 0 atom stereocenters. The Morgan fingerprint density at radius 3 is 2.91 bits per heavy atom. The number of nitrogens with one attached hydrogen (secondary N) is 1. The Labute approximate surface area is 129 Å². The van der Waals surface area contributed by atoms with Gasteiger partial charge >= 0.3 is 0 Å². The molecule has 1 saturated heterocycles.